The van der Waals surface area contributed by atoms with Crippen LogP contribution in [0.3, 0.4) is 0 Å². The van der Waals surface area contributed by atoms with E-state index in [9.17, 15) is 5.11 Å². The summed E-state index contributed by atoms with van der Waals surface area (Å²) in [7, 11) is 0. The van der Waals surface area contributed by atoms with E-state index in [2.05, 4.69) is 10.3 Å². The van der Waals surface area contributed by atoms with Crippen molar-refractivity contribution in [2.24, 2.45) is 0 Å². The Bertz CT molecular complexity index is 391. The molecule has 0 amide bonds. The number of rotatable bonds is 2. The highest BCUT2D eigenvalue weighted by atomic mass is 16.3. The third-order valence-corrected chi connectivity index (χ3v) is 2.94. The van der Waals surface area contributed by atoms with Crippen molar-refractivity contribution in [1.82, 2.24) is 4.98 Å². The molecule has 2 rings (SSSR count). The minimum absolute atomic E-state index is 0.134. The molecule has 1 heterocycles. The predicted molar refractivity (Wildman–Crippen MR) is 60.8 cm³/mol. The Morgan fingerprint density at radius 2 is 2.12 bits per heavy atom. The molecule has 1 fully saturated rings. The van der Waals surface area contributed by atoms with Gasteiger partial charge in [-0.05, 0) is 37.8 Å². The fourth-order valence-electron chi connectivity index (χ4n) is 2.04. The maximum atomic E-state index is 9.39. The molecule has 0 unspecified atom stereocenters. The molecule has 1 aliphatic carbocycles. The molecule has 1 aromatic rings. The van der Waals surface area contributed by atoms with Crippen molar-refractivity contribution in [3.8, 4) is 6.07 Å². The van der Waals surface area contributed by atoms with E-state index < -0.39 is 0 Å². The number of aliphatic hydroxyl groups is 1. The number of nitriles is 1. The minimum Gasteiger partial charge on any atom is -0.393 e. The zero-order valence-electron chi connectivity index (χ0n) is 9.06. The summed E-state index contributed by atoms with van der Waals surface area (Å²) < 4.78 is 0. The lowest BCUT2D eigenvalue weighted by Crippen LogP contribution is -2.28. The molecule has 2 N–H and O–H groups in total. The summed E-state index contributed by atoms with van der Waals surface area (Å²) in [6, 6.07) is 6.04. The first kappa shape index (κ1) is 10.9. The highest BCUT2D eigenvalue weighted by molar-refractivity contribution is 5.46. The van der Waals surface area contributed by atoms with Crippen molar-refractivity contribution in [3.63, 3.8) is 0 Å². The standard InChI is InChI=1S/C12H15N3O/c13-8-11-7-10(5-6-14-11)15-9-1-3-12(16)4-2-9/h5-7,9,12,16H,1-4H2,(H,14,15). The van der Waals surface area contributed by atoms with Crippen molar-refractivity contribution >= 4 is 5.69 Å². The van der Waals surface area contributed by atoms with Crippen LogP contribution in [-0.4, -0.2) is 22.2 Å². The van der Waals surface area contributed by atoms with Crippen LogP contribution in [0.4, 0.5) is 5.69 Å². The third-order valence-electron chi connectivity index (χ3n) is 2.94. The highest BCUT2D eigenvalue weighted by Crippen LogP contribution is 2.22. The van der Waals surface area contributed by atoms with E-state index in [1.807, 2.05) is 12.1 Å². The first-order valence-corrected chi connectivity index (χ1v) is 5.58. The topological polar surface area (TPSA) is 68.9 Å². The van der Waals surface area contributed by atoms with E-state index in [1.165, 1.54) is 0 Å². The number of nitrogens with zero attached hydrogens (tertiary/aromatic N) is 2. The Labute approximate surface area is 94.9 Å². The number of hydrogen-bond acceptors (Lipinski definition) is 4. The van der Waals surface area contributed by atoms with Gasteiger partial charge in [0.1, 0.15) is 11.8 Å². The summed E-state index contributed by atoms with van der Waals surface area (Å²) in [5, 5.41) is 21.5. The van der Waals surface area contributed by atoms with Crippen molar-refractivity contribution in [2.45, 2.75) is 37.8 Å². The second-order valence-corrected chi connectivity index (χ2v) is 4.19. The van der Waals surface area contributed by atoms with Crippen LogP contribution in [0.2, 0.25) is 0 Å². The van der Waals surface area contributed by atoms with Crippen LogP contribution in [-0.2, 0) is 0 Å². The summed E-state index contributed by atoms with van der Waals surface area (Å²) in [5.74, 6) is 0. The highest BCUT2D eigenvalue weighted by Gasteiger charge is 2.18. The second-order valence-electron chi connectivity index (χ2n) is 4.19. The first-order valence-electron chi connectivity index (χ1n) is 5.58. The number of hydrogen-bond donors (Lipinski definition) is 2. The normalized spacial score (nSPS) is 24.8. The van der Waals surface area contributed by atoms with Crippen molar-refractivity contribution in [3.05, 3.63) is 24.0 Å². The van der Waals surface area contributed by atoms with Crippen LogP contribution in [0.25, 0.3) is 0 Å². The van der Waals surface area contributed by atoms with Gasteiger partial charge in [0.05, 0.1) is 6.10 Å². The molecule has 0 bridgehead atoms. The fourth-order valence-corrected chi connectivity index (χ4v) is 2.04. The Hall–Kier alpha value is -1.60. The summed E-state index contributed by atoms with van der Waals surface area (Å²) in [6.07, 6.45) is 5.17. The molecule has 84 valence electrons. The monoisotopic (exact) mass is 217 g/mol. The van der Waals surface area contributed by atoms with Crippen LogP contribution in [0, 0.1) is 11.3 Å². The molecule has 4 nitrogen and oxygen atoms in total. The van der Waals surface area contributed by atoms with Gasteiger partial charge in [-0.3, -0.25) is 0 Å². The van der Waals surface area contributed by atoms with Crippen molar-refractivity contribution < 1.29 is 5.11 Å². The quantitative estimate of drug-likeness (QED) is 0.790. The van der Waals surface area contributed by atoms with Gasteiger partial charge >= 0.3 is 0 Å². The fraction of sp³-hybridized carbons (Fsp3) is 0.500. The van der Waals surface area contributed by atoms with Gasteiger partial charge in [0, 0.05) is 17.9 Å². The third kappa shape index (κ3) is 2.71. The van der Waals surface area contributed by atoms with Gasteiger partial charge in [-0.1, -0.05) is 0 Å². The van der Waals surface area contributed by atoms with Gasteiger partial charge < -0.3 is 10.4 Å². The Morgan fingerprint density at radius 1 is 1.38 bits per heavy atom. The molecule has 0 atom stereocenters. The molecular formula is C12H15N3O. The van der Waals surface area contributed by atoms with Gasteiger partial charge in [0.2, 0.25) is 0 Å². The summed E-state index contributed by atoms with van der Waals surface area (Å²) in [5.41, 5.74) is 1.37. The van der Waals surface area contributed by atoms with E-state index in [-0.39, 0.29) is 6.10 Å². The number of aliphatic hydroxyl groups excluding tert-OH is 1. The molecule has 1 aliphatic rings. The number of nitrogens with one attached hydrogen (secondary N) is 1. The average molecular weight is 217 g/mol. The Morgan fingerprint density at radius 3 is 2.81 bits per heavy atom. The molecule has 1 saturated carbocycles. The zero-order chi connectivity index (χ0) is 11.4. The van der Waals surface area contributed by atoms with Crippen LogP contribution in [0.1, 0.15) is 31.4 Å². The number of aromatic nitrogens is 1. The molecule has 0 aliphatic heterocycles. The molecule has 4 heteroatoms. The van der Waals surface area contributed by atoms with Crippen LogP contribution in [0.5, 0.6) is 0 Å². The van der Waals surface area contributed by atoms with Crippen LogP contribution in [0.15, 0.2) is 18.3 Å². The second kappa shape index (κ2) is 4.95. The maximum absolute atomic E-state index is 9.39. The minimum atomic E-state index is -0.134. The van der Waals surface area contributed by atoms with Gasteiger partial charge in [-0.15, -0.1) is 0 Å². The lowest BCUT2D eigenvalue weighted by atomic mass is 9.93. The lowest BCUT2D eigenvalue weighted by molar-refractivity contribution is 0.126. The molecule has 0 radical (unpaired) electrons. The Kier molecular flexibility index (Phi) is 3.37. The largest absolute Gasteiger partial charge is 0.393 e. The maximum Gasteiger partial charge on any atom is 0.142 e. The SMILES string of the molecule is N#Cc1cc(NC2CCC(O)CC2)ccn1. The summed E-state index contributed by atoms with van der Waals surface area (Å²) in [4.78, 5) is 3.92. The van der Waals surface area contributed by atoms with E-state index in [4.69, 9.17) is 5.26 Å². The zero-order valence-corrected chi connectivity index (χ0v) is 9.06. The van der Waals surface area contributed by atoms with E-state index in [0.29, 0.717) is 11.7 Å². The number of anilines is 1. The smallest absolute Gasteiger partial charge is 0.142 e. The summed E-state index contributed by atoms with van der Waals surface area (Å²) >= 11 is 0. The molecular weight excluding hydrogens is 202 g/mol. The molecule has 1 aromatic heterocycles. The van der Waals surface area contributed by atoms with Gasteiger partial charge in [0.25, 0.3) is 0 Å². The predicted octanol–water partition coefficient (Wildman–Crippen LogP) is 1.67. The van der Waals surface area contributed by atoms with E-state index in [0.717, 1.165) is 31.4 Å². The van der Waals surface area contributed by atoms with Gasteiger partial charge in [-0.25, -0.2) is 4.98 Å². The van der Waals surface area contributed by atoms with E-state index in [1.54, 1.807) is 12.3 Å². The Balaban J connectivity index is 1.96. The molecule has 0 spiro atoms. The van der Waals surface area contributed by atoms with Crippen molar-refractivity contribution in [1.29, 1.82) is 5.26 Å². The van der Waals surface area contributed by atoms with Crippen LogP contribution < -0.4 is 5.32 Å². The van der Waals surface area contributed by atoms with Gasteiger partial charge in [-0.2, -0.15) is 5.26 Å². The first-order chi connectivity index (χ1) is 7.78. The van der Waals surface area contributed by atoms with Gasteiger partial charge in [0.15, 0.2) is 0 Å². The van der Waals surface area contributed by atoms with Crippen molar-refractivity contribution in [2.75, 3.05) is 5.32 Å². The van der Waals surface area contributed by atoms with Crippen LogP contribution >= 0.6 is 0 Å². The molecule has 16 heavy (non-hydrogen) atoms. The summed E-state index contributed by atoms with van der Waals surface area (Å²) in [6.45, 7) is 0. The lowest BCUT2D eigenvalue weighted by Gasteiger charge is -2.26. The number of pyridine rings is 1. The average Bonchev–Trinajstić information content (AvgIpc) is 2.32. The molecule has 0 saturated heterocycles. The molecule has 0 aromatic carbocycles. The van der Waals surface area contributed by atoms with E-state index >= 15 is 0 Å².